The van der Waals surface area contributed by atoms with Gasteiger partial charge in [0, 0.05) is 12.4 Å². The highest BCUT2D eigenvalue weighted by Crippen LogP contribution is 2.19. The number of rotatable bonds is 2. The molecule has 0 bridgehead atoms. The summed E-state index contributed by atoms with van der Waals surface area (Å²) in [6.45, 7) is 0. The average molecular weight is 232 g/mol. The third-order valence-electron chi connectivity index (χ3n) is 2.05. The van der Waals surface area contributed by atoms with E-state index < -0.39 is 12.5 Å². The molecule has 0 aliphatic carbocycles. The maximum absolute atomic E-state index is 12.3. The Labute approximate surface area is 89.5 Å². The molecule has 0 aliphatic heterocycles. The number of hydrogen-bond donors (Lipinski definition) is 1. The zero-order valence-electron chi connectivity index (χ0n) is 7.57. The van der Waals surface area contributed by atoms with Crippen molar-refractivity contribution in [2.75, 3.05) is 0 Å². The van der Waals surface area contributed by atoms with Gasteiger partial charge in [0.05, 0.1) is 10.7 Å². The van der Waals surface area contributed by atoms with Crippen molar-refractivity contribution in [2.45, 2.75) is 12.5 Å². The van der Waals surface area contributed by atoms with Crippen molar-refractivity contribution < 1.29 is 8.78 Å². The minimum atomic E-state index is -2.62. The molecular weight excluding hydrogens is 224 g/mol. The molecule has 15 heavy (non-hydrogen) atoms. The normalized spacial score (nSPS) is 13.7. The molecule has 2 aromatic heterocycles. The molecule has 80 valence electrons. The first kappa shape index (κ1) is 10.3. The number of hydrogen-bond acceptors (Lipinski definition) is 2. The monoisotopic (exact) mass is 231 g/mol. The minimum Gasteiger partial charge on any atom is -0.318 e. The van der Waals surface area contributed by atoms with Gasteiger partial charge in [0.25, 0.3) is 6.43 Å². The molecule has 0 saturated carbocycles. The van der Waals surface area contributed by atoms with Crippen LogP contribution in [0.25, 0.3) is 5.65 Å². The van der Waals surface area contributed by atoms with Crippen LogP contribution in [0.1, 0.15) is 11.7 Å². The van der Waals surface area contributed by atoms with Gasteiger partial charge in [-0.1, -0.05) is 11.6 Å². The number of alkyl halides is 2. The Morgan fingerprint density at radius 2 is 2.07 bits per heavy atom. The molecule has 3 nitrogen and oxygen atoms in total. The van der Waals surface area contributed by atoms with Gasteiger partial charge in [0.2, 0.25) is 0 Å². The average Bonchev–Trinajstić information content (AvgIpc) is 2.58. The van der Waals surface area contributed by atoms with E-state index in [1.165, 1.54) is 6.20 Å². The Morgan fingerprint density at radius 1 is 1.33 bits per heavy atom. The molecule has 2 rings (SSSR count). The van der Waals surface area contributed by atoms with Gasteiger partial charge in [-0.15, -0.1) is 0 Å². The summed E-state index contributed by atoms with van der Waals surface area (Å²) in [5.41, 5.74) is 5.99. The highest BCUT2D eigenvalue weighted by Gasteiger charge is 2.20. The third kappa shape index (κ3) is 1.93. The second kappa shape index (κ2) is 3.75. The number of pyridine rings is 1. The Hall–Kier alpha value is -1.20. The quantitative estimate of drug-likeness (QED) is 0.862. The first-order chi connectivity index (χ1) is 7.08. The second-order valence-corrected chi connectivity index (χ2v) is 3.58. The molecule has 1 atom stereocenters. The molecule has 6 heteroatoms. The van der Waals surface area contributed by atoms with E-state index in [-0.39, 0.29) is 5.69 Å². The van der Waals surface area contributed by atoms with E-state index in [0.29, 0.717) is 10.7 Å². The van der Waals surface area contributed by atoms with Gasteiger partial charge in [-0.25, -0.2) is 13.8 Å². The highest BCUT2D eigenvalue weighted by molar-refractivity contribution is 6.30. The van der Waals surface area contributed by atoms with Gasteiger partial charge in [-0.2, -0.15) is 0 Å². The fourth-order valence-electron chi connectivity index (χ4n) is 1.27. The number of imidazole rings is 1. The van der Waals surface area contributed by atoms with Crippen LogP contribution in [0, 0.1) is 0 Å². The van der Waals surface area contributed by atoms with Crippen molar-refractivity contribution >= 4 is 17.2 Å². The Bertz CT molecular complexity index is 483. The van der Waals surface area contributed by atoms with Crippen LogP contribution in [-0.2, 0) is 0 Å². The summed E-state index contributed by atoms with van der Waals surface area (Å²) in [5.74, 6) is 0. The van der Waals surface area contributed by atoms with Gasteiger partial charge < -0.3 is 10.1 Å². The largest absolute Gasteiger partial charge is 0.318 e. The Kier molecular flexibility index (Phi) is 2.58. The molecule has 1 unspecified atom stereocenters. The van der Waals surface area contributed by atoms with Crippen LogP contribution < -0.4 is 5.73 Å². The number of nitrogens with zero attached hydrogens (tertiary/aromatic N) is 2. The molecule has 0 aromatic carbocycles. The van der Waals surface area contributed by atoms with Crippen molar-refractivity contribution in [3.63, 3.8) is 0 Å². The predicted octanol–water partition coefficient (Wildman–Crippen LogP) is 2.25. The summed E-state index contributed by atoms with van der Waals surface area (Å²) in [5, 5.41) is 0.511. The lowest BCUT2D eigenvalue weighted by molar-refractivity contribution is 0.115. The number of fused-ring (bicyclic) bond motifs is 1. The zero-order valence-corrected chi connectivity index (χ0v) is 8.33. The Balaban J connectivity index is 2.47. The topological polar surface area (TPSA) is 43.3 Å². The molecule has 0 fully saturated rings. The van der Waals surface area contributed by atoms with Crippen LogP contribution in [0.2, 0.25) is 5.02 Å². The molecular formula is C9H8ClF2N3. The molecule has 2 aromatic rings. The lowest BCUT2D eigenvalue weighted by atomic mass is 10.2. The van der Waals surface area contributed by atoms with Crippen LogP contribution >= 0.6 is 11.6 Å². The van der Waals surface area contributed by atoms with E-state index in [4.69, 9.17) is 17.3 Å². The summed E-state index contributed by atoms with van der Waals surface area (Å²) >= 11 is 5.74. The van der Waals surface area contributed by atoms with Crippen molar-refractivity contribution in [3.8, 4) is 0 Å². The predicted molar refractivity (Wildman–Crippen MR) is 53.1 cm³/mol. The summed E-state index contributed by atoms with van der Waals surface area (Å²) in [6, 6.07) is 1.93. The zero-order chi connectivity index (χ0) is 11.0. The van der Waals surface area contributed by atoms with Crippen LogP contribution in [-0.4, -0.2) is 15.8 Å². The summed E-state index contributed by atoms with van der Waals surface area (Å²) in [4.78, 5) is 3.97. The minimum absolute atomic E-state index is 0.160. The van der Waals surface area contributed by atoms with Crippen LogP contribution in [0.4, 0.5) is 8.78 Å². The third-order valence-corrected chi connectivity index (χ3v) is 2.27. The van der Waals surface area contributed by atoms with Crippen molar-refractivity contribution in [3.05, 3.63) is 35.2 Å². The van der Waals surface area contributed by atoms with Crippen molar-refractivity contribution in [1.29, 1.82) is 0 Å². The fourth-order valence-corrected chi connectivity index (χ4v) is 1.44. The maximum Gasteiger partial charge on any atom is 0.259 e. The lowest BCUT2D eigenvalue weighted by Gasteiger charge is -2.04. The van der Waals surface area contributed by atoms with E-state index in [1.54, 1.807) is 22.7 Å². The van der Waals surface area contributed by atoms with E-state index in [2.05, 4.69) is 4.98 Å². The van der Waals surface area contributed by atoms with Crippen LogP contribution in [0.15, 0.2) is 24.5 Å². The summed E-state index contributed by atoms with van der Waals surface area (Å²) in [6.07, 6.45) is 0.425. The number of nitrogens with two attached hydrogens (primary N) is 1. The van der Waals surface area contributed by atoms with Gasteiger partial charge >= 0.3 is 0 Å². The molecule has 0 spiro atoms. The summed E-state index contributed by atoms with van der Waals surface area (Å²) < 4.78 is 26.2. The SMILES string of the molecule is NC(c1cn2cc(Cl)ccc2n1)C(F)F. The number of halogens is 3. The molecule has 2 heterocycles. The first-order valence-electron chi connectivity index (χ1n) is 4.26. The van der Waals surface area contributed by atoms with Gasteiger partial charge in [0.1, 0.15) is 11.7 Å². The van der Waals surface area contributed by atoms with E-state index in [9.17, 15) is 8.78 Å². The van der Waals surface area contributed by atoms with Gasteiger partial charge in [0.15, 0.2) is 0 Å². The fraction of sp³-hybridized carbons (Fsp3) is 0.222. The molecule has 0 radical (unpaired) electrons. The van der Waals surface area contributed by atoms with Crippen molar-refractivity contribution in [2.24, 2.45) is 5.73 Å². The van der Waals surface area contributed by atoms with Crippen LogP contribution in [0.3, 0.4) is 0 Å². The molecule has 0 amide bonds. The standard InChI is InChI=1S/C9H8ClF2N3/c10-5-1-2-7-14-6(4-15(7)3-5)8(13)9(11)12/h1-4,8-9H,13H2. The lowest BCUT2D eigenvalue weighted by Crippen LogP contribution is -2.19. The first-order valence-corrected chi connectivity index (χ1v) is 4.63. The van der Waals surface area contributed by atoms with E-state index >= 15 is 0 Å². The van der Waals surface area contributed by atoms with Gasteiger partial charge in [-0.05, 0) is 12.1 Å². The second-order valence-electron chi connectivity index (χ2n) is 3.14. The summed E-state index contributed by atoms with van der Waals surface area (Å²) in [7, 11) is 0. The number of aromatic nitrogens is 2. The molecule has 0 aliphatic rings. The molecule has 0 saturated heterocycles. The van der Waals surface area contributed by atoms with Crippen molar-refractivity contribution in [1.82, 2.24) is 9.38 Å². The van der Waals surface area contributed by atoms with Gasteiger partial charge in [-0.3, -0.25) is 0 Å². The Morgan fingerprint density at radius 3 is 2.73 bits per heavy atom. The highest BCUT2D eigenvalue weighted by atomic mass is 35.5. The van der Waals surface area contributed by atoms with Crippen LogP contribution in [0.5, 0.6) is 0 Å². The van der Waals surface area contributed by atoms with E-state index in [0.717, 1.165) is 0 Å². The smallest absolute Gasteiger partial charge is 0.259 e. The molecule has 2 N–H and O–H groups in total. The van der Waals surface area contributed by atoms with E-state index in [1.807, 2.05) is 0 Å². The maximum atomic E-state index is 12.3.